The van der Waals surface area contributed by atoms with E-state index in [1.54, 1.807) is 12.3 Å². The quantitative estimate of drug-likeness (QED) is 0.472. The molecule has 0 aromatic carbocycles. The number of hydrogen-bond donors (Lipinski definition) is 2. The molecule has 10 nitrogen and oxygen atoms in total. The van der Waals surface area contributed by atoms with E-state index < -0.39 is 32.1 Å². The van der Waals surface area contributed by atoms with Gasteiger partial charge in [0.2, 0.25) is 5.91 Å². The summed E-state index contributed by atoms with van der Waals surface area (Å²) < 4.78 is 34.0. The molecular weight excluding hydrogens is 430 g/mol. The molecule has 2 aromatic heterocycles. The molecule has 0 bridgehead atoms. The Labute approximate surface area is 168 Å². The van der Waals surface area contributed by atoms with Crippen molar-refractivity contribution in [3.05, 3.63) is 32.1 Å². The Bertz CT molecular complexity index is 1020. The minimum Gasteiger partial charge on any atom is -0.465 e. The van der Waals surface area contributed by atoms with E-state index in [0.29, 0.717) is 17.0 Å². The van der Waals surface area contributed by atoms with E-state index in [2.05, 4.69) is 19.9 Å². The van der Waals surface area contributed by atoms with Crippen LogP contribution in [0.2, 0.25) is 0 Å². The van der Waals surface area contributed by atoms with Gasteiger partial charge in [-0.1, -0.05) is 0 Å². The molecule has 2 N–H and O–H groups in total. The first-order chi connectivity index (χ1) is 13.1. The van der Waals surface area contributed by atoms with Crippen LogP contribution >= 0.6 is 22.7 Å². The monoisotopic (exact) mass is 447 g/mol. The Morgan fingerprint density at radius 3 is 2.32 bits per heavy atom. The highest BCUT2D eigenvalue weighted by molar-refractivity contribution is 7.91. The molecule has 28 heavy (non-hydrogen) atoms. The Balaban J connectivity index is 2.27. The number of rotatable bonds is 7. The predicted molar refractivity (Wildman–Crippen MR) is 101 cm³/mol. The minimum atomic E-state index is -4.36. The van der Waals surface area contributed by atoms with Gasteiger partial charge in [-0.25, -0.2) is 23.0 Å². The summed E-state index contributed by atoms with van der Waals surface area (Å²) in [6.45, 7) is 3.18. The molecule has 0 unspecified atom stereocenters. The van der Waals surface area contributed by atoms with Crippen LogP contribution in [0.1, 0.15) is 36.3 Å². The number of amides is 1. The molecule has 2 rings (SSSR count). The SMILES string of the molecule is COC(=O)c1sc(S(=O)(=O)NNC(=O)Cc2csc(C)n2)c(C(=O)OC)c1C. The van der Waals surface area contributed by atoms with Crippen LogP contribution in [0.15, 0.2) is 9.59 Å². The standard InChI is InChI=1S/C15H17N3O7S3/c1-7-11(13(20)24-3)15(27-12(7)14(21)25-4)28(22,23)18-17-10(19)5-9-6-26-8(2)16-9/h6,18H,5H2,1-4H3,(H,17,19). The summed E-state index contributed by atoms with van der Waals surface area (Å²) in [6.07, 6.45) is -0.131. The molecule has 152 valence electrons. The van der Waals surface area contributed by atoms with Gasteiger partial charge in [0, 0.05) is 5.38 Å². The van der Waals surface area contributed by atoms with E-state index >= 15 is 0 Å². The fourth-order valence-corrected chi connectivity index (χ4v) is 5.39. The number of esters is 2. The zero-order valence-corrected chi connectivity index (χ0v) is 17.8. The van der Waals surface area contributed by atoms with Crippen molar-refractivity contribution in [1.82, 2.24) is 15.2 Å². The van der Waals surface area contributed by atoms with Crippen molar-refractivity contribution in [2.75, 3.05) is 14.2 Å². The van der Waals surface area contributed by atoms with Crippen molar-refractivity contribution in [2.45, 2.75) is 24.5 Å². The van der Waals surface area contributed by atoms with E-state index in [0.717, 1.165) is 19.2 Å². The molecule has 13 heteroatoms. The number of aryl methyl sites for hydroxylation is 1. The number of hydrogen-bond acceptors (Lipinski definition) is 10. The summed E-state index contributed by atoms with van der Waals surface area (Å²) in [5, 5.41) is 2.46. The molecule has 0 saturated heterocycles. The summed E-state index contributed by atoms with van der Waals surface area (Å²) in [5.74, 6) is -2.37. The smallest absolute Gasteiger partial charge is 0.348 e. The Morgan fingerprint density at radius 1 is 1.14 bits per heavy atom. The first kappa shape index (κ1) is 21.9. The van der Waals surface area contributed by atoms with Gasteiger partial charge in [-0.05, 0) is 19.4 Å². The maximum atomic E-state index is 12.6. The maximum absolute atomic E-state index is 12.6. The van der Waals surface area contributed by atoms with Gasteiger partial charge in [0.1, 0.15) is 4.88 Å². The summed E-state index contributed by atoms with van der Waals surface area (Å²) in [5.41, 5.74) is 2.36. The number of ether oxygens (including phenoxy) is 2. The lowest BCUT2D eigenvalue weighted by molar-refractivity contribution is -0.120. The molecule has 2 aromatic rings. The normalized spacial score (nSPS) is 11.1. The van der Waals surface area contributed by atoms with Gasteiger partial charge in [-0.3, -0.25) is 10.2 Å². The van der Waals surface area contributed by atoms with E-state index in [-0.39, 0.29) is 22.4 Å². The average Bonchev–Trinajstić information content (AvgIpc) is 3.22. The second-order valence-corrected chi connectivity index (χ2v) is 9.35. The molecule has 0 fully saturated rings. The van der Waals surface area contributed by atoms with Gasteiger partial charge in [-0.15, -0.1) is 27.5 Å². The molecule has 2 heterocycles. The zero-order chi connectivity index (χ0) is 21.1. The predicted octanol–water partition coefficient (Wildman–Crippen LogP) is 0.947. The number of methoxy groups -OCH3 is 2. The third kappa shape index (κ3) is 4.73. The van der Waals surface area contributed by atoms with Crippen molar-refractivity contribution in [3.63, 3.8) is 0 Å². The van der Waals surface area contributed by atoms with Crippen LogP contribution < -0.4 is 10.3 Å². The lowest BCUT2D eigenvalue weighted by Gasteiger charge is -2.08. The summed E-state index contributed by atoms with van der Waals surface area (Å²) in [7, 11) is -2.15. The Morgan fingerprint density at radius 2 is 1.79 bits per heavy atom. The van der Waals surface area contributed by atoms with Gasteiger partial charge in [0.25, 0.3) is 10.0 Å². The summed E-state index contributed by atoms with van der Waals surface area (Å²) >= 11 is 1.90. The number of thiophene rings is 1. The average molecular weight is 448 g/mol. The fraction of sp³-hybridized carbons (Fsp3) is 0.333. The van der Waals surface area contributed by atoms with Crippen molar-refractivity contribution in [1.29, 1.82) is 0 Å². The van der Waals surface area contributed by atoms with Crippen LogP contribution in [0.25, 0.3) is 0 Å². The summed E-state index contributed by atoms with van der Waals surface area (Å²) in [4.78, 5) is 41.8. The van der Waals surface area contributed by atoms with Gasteiger partial charge in [0.15, 0.2) is 4.21 Å². The Hall–Kier alpha value is -2.35. The molecule has 1 amide bonds. The number of sulfonamides is 1. The third-order valence-electron chi connectivity index (χ3n) is 3.45. The second kappa shape index (κ2) is 8.77. The van der Waals surface area contributed by atoms with Crippen molar-refractivity contribution < 1.29 is 32.3 Å². The van der Waals surface area contributed by atoms with Crippen LogP contribution in [-0.4, -0.2) is 45.5 Å². The van der Waals surface area contributed by atoms with Gasteiger partial charge in [-0.2, -0.15) is 0 Å². The van der Waals surface area contributed by atoms with Crippen LogP contribution in [0.5, 0.6) is 0 Å². The third-order valence-corrected chi connectivity index (χ3v) is 7.31. The van der Waals surface area contributed by atoms with E-state index in [1.807, 2.05) is 4.83 Å². The van der Waals surface area contributed by atoms with E-state index in [1.165, 1.54) is 18.3 Å². The molecular formula is C15H17N3O7S3. The maximum Gasteiger partial charge on any atom is 0.348 e. The van der Waals surface area contributed by atoms with Gasteiger partial charge >= 0.3 is 11.9 Å². The minimum absolute atomic E-state index is 0.0625. The molecule has 0 aliphatic carbocycles. The highest BCUT2D eigenvalue weighted by Gasteiger charge is 2.32. The lowest BCUT2D eigenvalue weighted by Crippen LogP contribution is -2.42. The first-order valence-electron chi connectivity index (χ1n) is 7.62. The number of carbonyl (C=O) groups excluding carboxylic acids is 3. The van der Waals surface area contributed by atoms with Crippen molar-refractivity contribution in [3.8, 4) is 0 Å². The van der Waals surface area contributed by atoms with Gasteiger partial charge in [0.05, 0.1) is 36.9 Å². The van der Waals surface area contributed by atoms with Gasteiger partial charge < -0.3 is 9.47 Å². The molecule has 0 spiro atoms. The van der Waals surface area contributed by atoms with Crippen LogP contribution in [-0.2, 0) is 30.7 Å². The fourth-order valence-electron chi connectivity index (χ4n) is 2.17. The van der Waals surface area contributed by atoms with Crippen LogP contribution in [0.4, 0.5) is 0 Å². The number of aromatic nitrogens is 1. The highest BCUT2D eigenvalue weighted by Crippen LogP contribution is 2.32. The summed E-state index contributed by atoms with van der Waals surface area (Å²) in [6, 6.07) is 0. The van der Waals surface area contributed by atoms with Crippen molar-refractivity contribution >= 4 is 50.5 Å². The largest absolute Gasteiger partial charge is 0.465 e. The topological polar surface area (TPSA) is 141 Å². The lowest BCUT2D eigenvalue weighted by atomic mass is 10.2. The van der Waals surface area contributed by atoms with Crippen molar-refractivity contribution in [2.24, 2.45) is 0 Å². The molecule has 0 radical (unpaired) electrons. The molecule has 0 saturated carbocycles. The first-order valence-corrected chi connectivity index (χ1v) is 10.8. The molecule has 0 atom stereocenters. The van der Waals surface area contributed by atoms with Crippen LogP contribution in [0, 0.1) is 13.8 Å². The Kier molecular flexibility index (Phi) is 6.87. The number of nitrogens with zero attached hydrogens (tertiary/aromatic N) is 1. The number of hydrazine groups is 1. The number of thiazole rings is 1. The zero-order valence-electron chi connectivity index (χ0n) is 15.3. The number of carbonyl (C=O) groups is 3. The van der Waals surface area contributed by atoms with E-state index in [4.69, 9.17) is 0 Å². The number of nitrogens with one attached hydrogen (secondary N) is 2. The highest BCUT2D eigenvalue weighted by atomic mass is 32.2. The molecule has 0 aliphatic heterocycles. The van der Waals surface area contributed by atoms with E-state index in [9.17, 15) is 22.8 Å². The molecule has 0 aliphatic rings. The second-order valence-electron chi connectivity index (χ2n) is 5.39. The van der Waals surface area contributed by atoms with Crippen LogP contribution in [0.3, 0.4) is 0 Å².